The van der Waals surface area contributed by atoms with Crippen molar-refractivity contribution in [1.29, 1.82) is 0 Å². The third kappa shape index (κ3) is 4.81. The molecule has 0 atom stereocenters. The molecular formula is C18H21N3O3. The highest BCUT2D eigenvalue weighted by Crippen LogP contribution is 2.13. The molecule has 0 saturated heterocycles. The molecule has 24 heavy (non-hydrogen) atoms. The Kier molecular flexibility index (Phi) is 6.31. The van der Waals surface area contributed by atoms with Gasteiger partial charge in [0.1, 0.15) is 0 Å². The molecule has 6 nitrogen and oxygen atoms in total. The lowest BCUT2D eigenvalue weighted by molar-refractivity contribution is -0.384. The Balaban J connectivity index is 1.79. The molecule has 1 N–H and O–H groups in total. The van der Waals surface area contributed by atoms with E-state index in [9.17, 15) is 14.9 Å². The fraction of sp³-hybridized carbons (Fsp3) is 0.278. The first kappa shape index (κ1) is 17.5. The SMILES string of the molecule is CCN(CCCNC(=O)c1ccc([N+](=O)[O-])cc1)c1ccccc1. The van der Waals surface area contributed by atoms with Crippen molar-refractivity contribution >= 4 is 17.3 Å². The van der Waals surface area contributed by atoms with Crippen LogP contribution in [0.15, 0.2) is 54.6 Å². The van der Waals surface area contributed by atoms with E-state index >= 15 is 0 Å². The number of para-hydroxylation sites is 1. The molecule has 0 aliphatic carbocycles. The summed E-state index contributed by atoms with van der Waals surface area (Å²) < 4.78 is 0. The summed E-state index contributed by atoms with van der Waals surface area (Å²) in [6.07, 6.45) is 0.821. The van der Waals surface area contributed by atoms with Gasteiger partial charge in [0.25, 0.3) is 11.6 Å². The first-order valence-corrected chi connectivity index (χ1v) is 7.94. The molecule has 0 heterocycles. The third-order valence-electron chi connectivity index (χ3n) is 3.73. The molecule has 1 amide bonds. The quantitative estimate of drug-likeness (QED) is 0.459. The number of carbonyl (C=O) groups excluding carboxylic acids is 1. The largest absolute Gasteiger partial charge is 0.372 e. The Bertz CT molecular complexity index is 672. The second kappa shape index (κ2) is 8.67. The number of hydrogen-bond acceptors (Lipinski definition) is 4. The van der Waals surface area contributed by atoms with Crippen molar-refractivity contribution in [1.82, 2.24) is 5.32 Å². The van der Waals surface area contributed by atoms with E-state index in [4.69, 9.17) is 0 Å². The number of carbonyl (C=O) groups is 1. The van der Waals surface area contributed by atoms with Gasteiger partial charge in [-0.05, 0) is 37.6 Å². The third-order valence-corrected chi connectivity index (χ3v) is 3.73. The zero-order valence-corrected chi connectivity index (χ0v) is 13.6. The predicted molar refractivity (Wildman–Crippen MR) is 94.4 cm³/mol. The number of nitrogens with one attached hydrogen (secondary N) is 1. The molecule has 0 aromatic heterocycles. The number of rotatable bonds is 8. The highest BCUT2D eigenvalue weighted by atomic mass is 16.6. The minimum absolute atomic E-state index is 0.0204. The lowest BCUT2D eigenvalue weighted by Gasteiger charge is -2.23. The van der Waals surface area contributed by atoms with Crippen LogP contribution in [-0.4, -0.2) is 30.5 Å². The average molecular weight is 327 g/mol. The maximum Gasteiger partial charge on any atom is 0.269 e. The van der Waals surface area contributed by atoms with Gasteiger partial charge in [-0.15, -0.1) is 0 Å². The van der Waals surface area contributed by atoms with E-state index < -0.39 is 4.92 Å². The predicted octanol–water partition coefficient (Wildman–Crippen LogP) is 3.24. The van der Waals surface area contributed by atoms with Crippen LogP contribution in [0.4, 0.5) is 11.4 Å². The number of non-ortho nitro benzene ring substituents is 1. The van der Waals surface area contributed by atoms with Gasteiger partial charge in [-0.3, -0.25) is 14.9 Å². The van der Waals surface area contributed by atoms with E-state index in [1.54, 1.807) is 0 Å². The molecule has 0 saturated carbocycles. The van der Waals surface area contributed by atoms with Crippen LogP contribution in [0.5, 0.6) is 0 Å². The highest BCUT2D eigenvalue weighted by molar-refractivity contribution is 5.94. The van der Waals surface area contributed by atoms with Crippen LogP contribution in [0.1, 0.15) is 23.7 Å². The molecular weight excluding hydrogens is 306 g/mol. The molecule has 2 rings (SSSR count). The number of nitrogens with zero attached hydrogens (tertiary/aromatic N) is 2. The van der Waals surface area contributed by atoms with Crippen LogP contribution in [0.3, 0.4) is 0 Å². The van der Waals surface area contributed by atoms with Gasteiger partial charge in [-0.1, -0.05) is 18.2 Å². The van der Waals surface area contributed by atoms with Gasteiger partial charge in [-0.2, -0.15) is 0 Å². The number of nitro groups is 1. The molecule has 0 unspecified atom stereocenters. The number of hydrogen-bond donors (Lipinski definition) is 1. The van der Waals surface area contributed by atoms with Crippen LogP contribution >= 0.6 is 0 Å². The van der Waals surface area contributed by atoms with Gasteiger partial charge in [0.05, 0.1) is 4.92 Å². The Morgan fingerprint density at radius 2 is 1.79 bits per heavy atom. The zero-order valence-electron chi connectivity index (χ0n) is 13.6. The smallest absolute Gasteiger partial charge is 0.269 e. The van der Waals surface area contributed by atoms with E-state index in [0.29, 0.717) is 12.1 Å². The van der Waals surface area contributed by atoms with E-state index in [0.717, 1.165) is 19.5 Å². The topological polar surface area (TPSA) is 75.5 Å². The minimum Gasteiger partial charge on any atom is -0.372 e. The summed E-state index contributed by atoms with van der Waals surface area (Å²) in [5.74, 6) is -0.215. The molecule has 126 valence electrons. The second-order valence-electron chi connectivity index (χ2n) is 5.33. The molecule has 0 bridgehead atoms. The first-order valence-electron chi connectivity index (χ1n) is 7.94. The van der Waals surface area contributed by atoms with Gasteiger partial charge >= 0.3 is 0 Å². The van der Waals surface area contributed by atoms with Crippen LogP contribution < -0.4 is 10.2 Å². The van der Waals surface area contributed by atoms with Gasteiger partial charge in [0.15, 0.2) is 0 Å². The van der Waals surface area contributed by atoms with Crippen molar-refractivity contribution in [2.75, 3.05) is 24.5 Å². The monoisotopic (exact) mass is 327 g/mol. The fourth-order valence-corrected chi connectivity index (χ4v) is 2.42. The number of amides is 1. The van der Waals surface area contributed by atoms with Crippen molar-refractivity contribution in [3.05, 3.63) is 70.3 Å². The van der Waals surface area contributed by atoms with Gasteiger partial charge in [0.2, 0.25) is 0 Å². The minimum atomic E-state index is -0.482. The van der Waals surface area contributed by atoms with Gasteiger partial charge in [-0.25, -0.2) is 0 Å². The standard InChI is InChI=1S/C18H21N3O3/c1-2-20(16-7-4-3-5-8-16)14-6-13-19-18(22)15-9-11-17(12-10-15)21(23)24/h3-5,7-12H,2,6,13-14H2,1H3,(H,19,22). The zero-order chi connectivity index (χ0) is 17.4. The Morgan fingerprint density at radius 3 is 2.38 bits per heavy atom. The Morgan fingerprint density at radius 1 is 1.12 bits per heavy atom. The van der Waals surface area contributed by atoms with Gasteiger partial charge in [0, 0.05) is 43.0 Å². The van der Waals surface area contributed by atoms with Crippen LogP contribution in [0, 0.1) is 10.1 Å². The van der Waals surface area contributed by atoms with E-state index in [1.165, 1.54) is 30.0 Å². The molecule has 6 heteroatoms. The molecule has 2 aromatic rings. The number of benzene rings is 2. The van der Waals surface area contributed by atoms with E-state index in [2.05, 4.69) is 29.3 Å². The number of anilines is 1. The maximum absolute atomic E-state index is 12.0. The summed E-state index contributed by atoms with van der Waals surface area (Å²) in [4.78, 5) is 24.4. The second-order valence-corrected chi connectivity index (χ2v) is 5.33. The van der Waals surface area contributed by atoms with E-state index in [-0.39, 0.29) is 11.6 Å². The normalized spacial score (nSPS) is 10.2. The maximum atomic E-state index is 12.0. The van der Waals surface area contributed by atoms with Crippen molar-refractivity contribution < 1.29 is 9.72 Å². The van der Waals surface area contributed by atoms with Crippen LogP contribution in [0.25, 0.3) is 0 Å². The first-order chi connectivity index (χ1) is 11.6. The fourth-order valence-electron chi connectivity index (χ4n) is 2.42. The summed E-state index contributed by atoms with van der Waals surface area (Å²) in [5, 5.41) is 13.4. The van der Waals surface area contributed by atoms with Crippen LogP contribution in [-0.2, 0) is 0 Å². The van der Waals surface area contributed by atoms with Crippen molar-refractivity contribution in [2.24, 2.45) is 0 Å². The molecule has 0 spiro atoms. The lowest BCUT2D eigenvalue weighted by atomic mass is 10.2. The Labute approximate surface area is 141 Å². The summed E-state index contributed by atoms with van der Waals surface area (Å²) in [5.41, 5.74) is 1.57. The van der Waals surface area contributed by atoms with Gasteiger partial charge < -0.3 is 10.2 Å². The highest BCUT2D eigenvalue weighted by Gasteiger charge is 2.09. The summed E-state index contributed by atoms with van der Waals surface area (Å²) in [6, 6.07) is 15.8. The van der Waals surface area contributed by atoms with Crippen LogP contribution in [0.2, 0.25) is 0 Å². The lowest BCUT2D eigenvalue weighted by Crippen LogP contribution is -2.29. The summed E-state index contributed by atoms with van der Waals surface area (Å²) >= 11 is 0. The molecule has 2 aromatic carbocycles. The molecule has 0 radical (unpaired) electrons. The van der Waals surface area contributed by atoms with Crippen molar-refractivity contribution in [3.8, 4) is 0 Å². The van der Waals surface area contributed by atoms with Crippen molar-refractivity contribution in [2.45, 2.75) is 13.3 Å². The summed E-state index contributed by atoms with van der Waals surface area (Å²) in [7, 11) is 0. The Hall–Kier alpha value is -2.89. The molecule has 0 aliphatic heterocycles. The molecule has 0 aliphatic rings. The summed E-state index contributed by atoms with van der Waals surface area (Å²) in [6.45, 7) is 4.41. The average Bonchev–Trinajstić information content (AvgIpc) is 2.62. The molecule has 0 fully saturated rings. The van der Waals surface area contributed by atoms with E-state index in [1.807, 2.05) is 18.2 Å². The van der Waals surface area contributed by atoms with Crippen molar-refractivity contribution in [3.63, 3.8) is 0 Å². The number of nitro benzene ring substituents is 1.